The normalized spacial score (nSPS) is 25.2. The van der Waals surface area contributed by atoms with Crippen LogP contribution in [0.1, 0.15) is 40.0 Å². The van der Waals surface area contributed by atoms with Crippen LogP contribution in [-0.2, 0) is 9.53 Å². The first-order valence-corrected chi connectivity index (χ1v) is 5.52. The van der Waals surface area contributed by atoms with Crippen LogP contribution in [0, 0.1) is 5.92 Å². The van der Waals surface area contributed by atoms with E-state index in [2.05, 4.69) is 5.32 Å². The van der Waals surface area contributed by atoms with E-state index in [4.69, 9.17) is 9.84 Å². The molecule has 1 saturated carbocycles. The van der Waals surface area contributed by atoms with Gasteiger partial charge in [0.15, 0.2) is 0 Å². The zero-order chi connectivity index (χ0) is 12.3. The van der Waals surface area contributed by atoms with Crippen molar-refractivity contribution in [3.8, 4) is 0 Å². The van der Waals surface area contributed by atoms with E-state index in [-0.39, 0.29) is 6.04 Å². The van der Waals surface area contributed by atoms with E-state index in [1.54, 1.807) is 20.8 Å². The summed E-state index contributed by atoms with van der Waals surface area (Å²) in [4.78, 5) is 22.3. The topological polar surface area (TPSA) is 75.6 Å². The number of carboxylic acids is 1. The van der Waals surface area contributed by atoms with Crippen molar-refractivity contribution in [3.05, 3.63) is 0 Å². The van der Waals surface area contributed by atoms with Crippen molar-refractivity contribution >= 4 is 12.1 Å². The van der Waals surface area contributed by atoms with Gasteiger partial charge in [-0.3, -0.25) is 4.79 Å². The summed E-state index contributed by atoms with van der Waals surface area (Å²) in [5, 5.41) is 11.6. The molecule has 0 spiro atoms. The molecule has 0 radical (unpaired) electrons. The van der Waals surface area contributed by atoms with E-state index < -0.39 is 23.6 Å². The number of hydrogen-bond donors (Lipinski definition) is 2. The lowest BCUT2D eigenvalue weighted by Crippen LogP contribution is -2.42. The Bertz CT molecular complexity index is 282. The molecule has 1 aliphatic rings. The second-order valence-electron chi connectivity index (χ2n) is 5.13. The van der Waals surface area contributed by atoms with E-state index in [1.165, 1.54) is 0 Å². The summed E-state index contributed by atoms with van der Waals surface area (Å²) in [5.74, 6) is -1.33. The smallest absolute Gasteiger partial charge is 0.407 e. The van der Waals surface area contributed by atoms with E-state index >= 15 is 0 Å². The predicted octanol–water partition coefficient (Wildman–Crippen LogP) is 1.76. The highest BCUT2D eigenvalue weighted by Crippen LogP contribution is 2.26. The summed E-state index contributed by atoms with van der Waals surface area (Å²) in [7, 11) is 0. The number of hydrogen-bond acceptors (Lipinski definition) is 3. The molecule has 5 nitrogen and oxygen atoms in total. The summed E-state index contributed by atoms with van der Waals surface area (Å²) in [6.07, 6.45) is 1.62. The van der Waals surface area contributed by atoms with Crippen molar-refractivity contribution in [2.45, 2.75) is 51.7 Å². The highest BCUT2D eigenvalue weighted by Gasteiger charge is 2.34. The number of amides is 1. The number of rotatable bonds is 2. The molecule has 0 aromatic heterocycles. The van der Waals surface area contributed by atoms with E-state index in [0.717, 1.165) is 6.42 Å². The zero-order valence-electron chi connectivity index (χ0n) is 9.95. The van der Waals surface area contributed by atoms with Crippen molar-refractivity contribution in [1.29, 1.82) is 0 Å². The lowest BCUT2D eigenvalue weighted by Gasteiger charge is -2.23. The second-order valence-corrected chi connectivity index (χ2v) is 5.13. The molecule has 1 fully saturated rings. The molecule has 0 aromatic rings. The molecule has 0 saturated heterocycles. The second kappa shape index (κ2) is 4.72. The number of carboxylic acid groups (broad SMARTS) is 1. The highest BCUT2D eigenvalue weighted by atomic mass is 16.6. The largest absolute Gasteiger partial charge is 0.481 e. The molecule has 0 unspecified atom stereocenters. The molecule has 5 heteroatoms. The molecule has 16 heavy (non-hydrogen) atoms. The van der Waals surface area contributed by atoms with Crippen LogP contribution < -0.4 is 5.32 Å². The van der Waals surface area contributed by atoms with Crippen LogP contribution in [0.5, 0.6) is 0 Å². The molecule has 1 aliphatic carbocycles. The van der Waals surface area contributed by atoms with Gasteiger partial charge in [0.05, 0.1) is 5.92 Å². The van der Waals surface area contributed by atoms with Gasteiger partial charge in [0, 0.05) is 6.04 Å². The minimum Gasteiger partial charge on any atom is -0.481 e. The van der Waals surface area contributed by atoms with Gasteiger partial charge in [-0.1, -0.05) is 6.42 Å². The molecule has 0 aliphatic heterocycles. The van der Waals surface area contributed by atoms with Gasteiger partial charge in [-0.15, -0.1) is 0 Å². The molecule has 2 N–H and O–H groups in total. The first kappa shape index (κ1) is 12.8. The number of ether oxygens (including phenoxy) is 1. The first-order valence-electron chi connectivity index (χ1n) is 5.52. The maximum Gasteiger partial charge on any atom is 0.407 e. The van der Waals surface area contributed by atoms with Crippen LogP contribution >= 0.6 is 0 Å². The van der Waals surface area contributed by atoms with Gasteiger partial charge in [0.25, 0.3) is 0 Å². The number of nitrogens with one attached hydrogen (secondary N) is 1. The van der Waals surface area contributed by atoms with Gasteiger partial charge in [0.1, 0.15) is 5.60 Å². The van der Waals surface area contributed by atoms with E-state index in [9.17, 15) is 9.59 Å². The Morgan fingerprint density at radius 3 is 2.44 bits per heavy atom. The fourth-order valence-electron chi connectivity index (χ4n) is 1.89. The van der Waals surface area contributed by atoms with Crippen molar-refractivity contribution in [2.24, 2.45) is 5.92 Å². The minimum absolute atomic E-state index is 0.299. The highest BCUT2D eigenvalue weighted by molar-refractivity contribution is 5.74. The van der Waals surface area contributed by atoms with Gasteiger partial charge >= 0.3 is 12.1 Å². The molecule has 92 valence electrons. The van der Waals surface area contributed by atoms with Gasteiger partial charge < -0.3 is 15.2 Å². The maximum atomic E-state index is 11.5. The van der Waals surface area contributed by atoms with Gasteiger partial charge in [-0.25, -0.2) is 4.79 Å². The molecular formula is C11H19NO4. The average molecular weight is 229 g/mol. The Labute approximate surface area is 95.2 Å². The van der Waals surface area contributed by atoms with E-state index in [1.807, 2.05) is 0 Å². The van der Waals surface area contributed by atoms with Crippen molar-refractivity contribution in [3.63, 3.8) is 0 Å². The van der Waals surface area contributed by atoms with Crippen LogP contribution in [0.15, 0.2) is 0 Å². The average Bonchev–Trinajstić information content (AvgIpc) is 2.47. The van der Waals surface area contributed by atoms with Gasteiger partial charge in [-0.05, 0) is 33.6 Å². The molecular weight excluding hydrogens is 210 g/mol. The monoisotopic (exact) mass is 229 g/mol. The zero-order valence-corrected chi connectivity index (χ0v) is 9.95. The summed E-state index contributed by atoms with van der Waals surface area (Å²) in [6, 6.07) is -0.299. The van der Waals surface area contributed by atoms with Crippen LogP contribution in [0.2, 0.25) is 0 Å². The Balaban J connectivity index is 2.47. The first-order chi connectivity index (χ1) is 7.29. The molecule has 2 atom stereocenters. The summed E-state index contributed by atoms with van der Waals surface area (Å²) in [6.45, 7) is 5.32. The molecule has 0 aromatic carbocycles. The number of aliphatic carboxylic acids is 1. The van der Waals surface area contributed by atoms with Crippen LogP contribution in [0.3, 0.4) is 0 Å². The Morgan fingerprint density at radius 1 is 1.31 bits per heavy atom. The summed E-state index contributed by atoms with van der Waals surface area (Å²) < 4.78 is 5.08. The molecule has 1 rings (SSSR count). The third kappa shape index (κ3) is 3.72. The lowest BCUT2D eigenvalue weighted by atomic mass is 10.0. The Hall–Kier alpha value is -1.26. The third-order valence-electron chi connectivity index (χ3n) is 2.54. The van der Waals surface area contributed by atoms with Gasteiger partial charge in [0.2, 0.25) is 0 Å². The van der Waals surface area contributed by atoms with Crippen LogP contribution in [-0.4, -0.2) is 28.8 Å². The Kier molecular flexibility index (Phi) is 3.78. The maximum absolute atomic E-state index is 11.5. The number of alkyl carbamates (subject to hydrolysis) is 1. The number of carbonyl (C=O) groups excluding carboxylic acids is 1. The lowest BCUT2D eigenvalue weighted by molar-refractivity contribution is -0.142. The van der Waals surface area contributed by atoms with Crippen LogP contribution in [0.4, 0.5) is 4.79 Å². The number of carbonyl (C=O) groups is 2. The standard InChI is InChI=1S/C11H19NO4/c1-11(2,3)16-10(15)12-8-6-4-5-7(8)9(13)14/h7-8H,4-6H2,1-3H3,(H,12,15)(H,13,14)/t7-,8-/m1/s1. The fraction of sp³-hybridized carbons (Fsp3) is 0.818. The van der Waals surface area contributed by atoms with Gasteiger partial charge in [-0.2, -0.15) is 0 Å². The summed E-state index contributed by atoms with van der Waals surface area (Å²) in [5.41, 5.74) is -0.554. The SMILES string of the molecule is CC(C)(C)OC(=O)N[C@@H]1CCC[C@H]1C(=O)O. The van der Waals surface area contributed by atoms with Crippen molar-refractivity contribution in [1.82, 2.24) is 5.32 Å². The van der Waals surface area contributed by atoms with E-state index in [0.29, 0.717) is 12.8 Å². The third-order valence-corrected chi connectivity index (χ3v) is 2.54. The minimum atomic E-state index is -0.849. The molecule has 0 bridgehead atoms. The summed E-state index contributed by atoms with van der Waals surface area (Å²) >= 11 is 0. The fourth-order valence-corrected chi connectivity index (χ4v) is 1.89. The van der Waals surface area contributed by atoms with Crippen LogP contribution in [0.25, 0.3) is 0 Å². The quantitative estimate of drug-likeness (QED) is 0.756. The molecule has 0 heterocycles. The predicted molar refractivity (Wildman–Crippen MR) is 58.1 cm³/mol. The van der Waals surface area contributed by atoms with Crippen molar-refractivity contribution < 1.29 is 19.4 Å². The molecule has 1 amide bonds. The Morgan fingerprint density at radius 2 is 1.94 bits per heavy atom. The van der Waals surface area contributed by atoms with Crippen molar-refractivity contribution in [2.75, 3.05) is 0 Å².